The maximum atomic E-state index is 12.3. The van der Waals surface area contributed by atoms with Crippen LogP contribution in [0.2, 0.25) is 0 Å². The fourth-order valence-corrected chi connectivity index (χ4v) is 3.50. The SMILES string of the molecule is CC1CCC(NC(=O)[C@H](C)Sc2ncc(CO)n2C)CC1. The average Bonchev–Trinajstić information content (AvgIpc) is 2.82. The molecule has 1 atom stereocenters. The summed E-state index contributed by atoms with van der Waals surface area (Å²) in [6.07, 6.45) is 6.22. The largest absolute Gasteiger partial charge is 0.390 e. The van der Waals surface area contributed by atoms with Crippen molar-refractivity contribution in [2.24, 2.45) is 13.0 Å². The fraction of sp³-hybridized carbons (Fsp3) is 0.733. The summed E-state index contributed by atoms with van der Waals surface area (Å²) in [5.74, 6) is 0.863. The molecule has 2 rings (SSSR count). The number of thioether (sulfide) groups is 1. The molecule has 0 spiro atoms. The number of aliphatic hydroxyl groups is 1. The maximum Gasteiger partial charge on any atom is 0.233 e. The molecule has 21 heavy (non-hydrogen) atoms. The Bertz CT molecular complexity index is 481. The summed E-state index contributed by atoms with van der Waals surface area (Å²) < 4.78 is 1.83. The van der Waals surface area contributed by atoms with E-state index in [1.54, 1.807) is 6.20 Å². The number of carbonyl (C=O) groups excluding carboxylic acids is 1. The molecule has 1 saturated carbocycles. The van der Waals surface area contributed by atoms with Gasteiger partial charge in [-0.25, -0.2) is 4.98 Å². The summed E-state index contributed by atoms with van der Waals surface area (Å²) in [5, 5.41) is 12.9. The van der Waals surface area contributed by atoms with Crippen LogP contribution in [0.4, 0.5) is 0 Å². The second kappa shape index (κ2) is 7.31. The molecule has 1 aliphatic rings. The first-order chi connectivity index (χ1) is 10.0. The third kappa shape index (κ3) is 4.23. The molecule has 1 fully saturated rings. The number of rotatable bonds is 5. The summed E-state index contributed by atoms with van der Waals surface area (Å²) in [6, 6.07) is 0.325. The third-order valence-electron chi connectivity index (χ3n) is 4.22. The van der Waals surface area contributed by atoms with Gasteiger partial charge in [-0.1, -0.05) is 18.7 Å². The molecule has 1 amide bonds. The van der Waals surface area contributed by atoms with Gasteiger partial charge >= 0.3 is 0 Å². The molecule has 1 aromatic rings. The van der Waals surface area contributed by atoms with Crippen molar-refractivity contribution in [2.75, 3.05) is 0 Å². The second-order valence-electron chi connectivity index (χ2n) is 5.97. The minimum absolute atomic E-state index is 0.0368. The van der Waals surface area contributed by atoms with Crippen LogP contribution in [0.5, 0.6) is 0 Å². The molecule has 1 aromatic heterocycles. The molecule has 0 bridgehead atoms. The molecule has 5 nitrogen and oxygen atoms in total. The van der Waals surface area contributed by atoms with Gasteiger partial charge in [0.05, 0.1) is 23.7 Å². The normalized spacial score (nSPS) is 23.8. The van der Waals surface area contributed by atoms with Crippen molar-refractivity contribution in [1.29, 1.82) is 0 Å². The van der Waals surface area contributed by atoms with E-state index in [4.69, 9.17) is 5.11 Å². The van der Waals surface area contributed by atoms with Crippen LogP contribution in [0.1, 0.15) is 45.2 Å². The minimum Gasteiger partial charge on any atom is -0.390 e. The zero-order valence-electron chi connectivity index (χ0n) is 13.0. The van der Waals surface area contributed by atoms with Crippen LogP contribution in [0.25, 0.3) is 0 Å². The zero-order chi connectivity index (χ0) is 15.4. The van der Waals surface area contributed by atoms with Gasteiger partial charge < -0.3 is 15.0 Å². The summed E-state index contributed by atoms with van der Waals surface area (Å²) in [7, 11) is 1.86. The zero-order valence-corrected chi connectivity index (χ0v) is 13.8. The van der Waals surface area contributed by atoms with E-state index in [2.05, 4.69) is 17.2 Å². The number of hydrogen-bond donors (Lipinski definition) is 2. The summed E-state index contributed by atoms with van der Waals surface area (Å²) in [4.78, 5) is 16.5. The Morgan fingerprint density at radius 3 is 2.76 bits per heavy atom. The van der Waals surface area contributed by atoms with Gasteiger partial charge in [-0.05, 0) is 38.5 Å². The van der Waals surface area contributed by atoms with Crippen molar-refractivity contribution in [2.45, 2.75) is 62.6 Å². The van der Waals surface area contributed by atoms with Crippen LogP contribution < -0.4 is 5.32 Å². The van der Waals surface area contributed by atoms with Crippen LogP contribution >= 0.6 is 11.8 Å². The monoisotopic (exact) mass is 311 g/mol. The van der Waals surface area contributed by atoms with E-state index in [1.807, 2.05) is 18.5 Å². The summed E-state index contributed by atoms with van der Waals surface area (Å²) in [6.45, 7) is 4.14. The highest BCUT2D eigenvalue weighted by atomic mass is 32.2. The van der Waals surface area contributed by atoms with E-state index in [9.17, 15) is 4.79 Å². The van der Waals surface area contributed by atoms with Gasteiger partial charge in [-0.2, -0.15) is 0 Å². The highest BCUT2D eigenvalue weighted by molar-refractivity contribution is 8.00. The first kappa shape index (κ1) is 16.4. The topological polar surface area (TPSA) is 67.2 Å². The lowest BCUT2D eigenvalue weighted by Crippen LogP contribution is -2.41. The number of carbonyl (C=O) groups is 1. The average molecular weight is 311 g/mol. The number of nitrogens with zero attached hydrogens (tertiary/aromatic N) is 2. The molecule has 1 heterocycles. The van der Waals surface area contributed by atoms with Crippen molar-refractivity contribution in [3.63, 3.8) is 0 Å². The van der Waals surface area contributed by atoms with Gasteiger partial charge in [-0.3, -0.25) is 4.79 Å². The van der Waals surface area contributed by atoms with Gasteiger partial charge in [0.15, 0.2) is 5.16 Å². The Kier molecular flexibility index (Phi) is 5.70. The van der Waals surface area contributed by atoms with E-state index in [1.165, 1.54) is 24.6 Å². The van der Waals surface area contributed by atoms with E-state index in [0.717, 1.165) is 29.6 Å². The second-order valence-corrected chi connectivity index (χ2v) is 7.28. The van der Waals surface area contributed by atoms with Crippen LogP contribution in [0.15, 0.2) is 11.4 Å². The number of amides is 1. The molecule has 0 unspecified atom stereocenters. The van der Waals surface area contributed by atoms with Gasteiger partial charge in [-0.15, -0.1) is 0 Å². The lowest BCUT2D eigenvalue weighted by atomic mass is 9.87. The van der Waals surface area contributed by atoms with Crippen LogP contribution in [0.3, 0.4) is 0 Å². The van der Waals surface area contributed by atoms with Gasteiger partial charge in [0.1, 0.15) is 0 Å². The van der Waals surface area contributed by atoms with Crippen LogP contribution in [-0.4, -0.2) is 31.9 Å². The Balaban J connectivity index is 1.86. The molecule has 0 aliphatic heterocycles. The first-order valence-corrected chi connectivity index (χ1v) is 8.47. The van der Waals surface area contributed by atoms with Gasteiger partial charge in [0, 0.05) is 13.1 Å². The molecule has 0 aromatic carbocycles. The smallest absolute Gasteiger partial charge is 0.233 e. The maximum absolute atomic E-state index is 12.3. The number of nitrogens with one attached hydrogen (secondary N) is 1. The van der Waals surface area contributed by atoms with E-state index in [0.29, 0.717) is 6.04 Å². The number of aliphatic hydroxyl groups excluding tert-OH is 1. The molecule has 118 valence electrons. The lowest BCUT2D eigenvalue weighted by molar-refractivity contribution is -0.121. The van der Waals surface area contributed by atoms with E-state index < -0.39 is 0 Å². The molecule has 2 N–H and O–H groups in total. The predicted octanol–water partition coefficient (Wildman–Crippen LogP) is 2.09. The fourth-order valence-electron chi connectivity index (χ4n) is 2.62. The molecule has 0 radical (unpaired) electrons. The lowest BCUT2D eigenvalue weighted by Gasteiger charge is -2.27. The molecule has 0 saturated heterocycles. The van der Waals surface area contributed by atoms with Crippen molar-refractivity contribution < 1.29 is 9.90 Å². The summed E-state index contributed by atoms with van der Waals surface area (Å²) >= 11 is 1.43. The molecule has 1 aliphatic carbocycles. The third-order valence-corrected chi connectivity index (χ3v) is 5.38. The highest BCUT2D eigenvalue weighted by Gasteiger charge is 2.23. The van der Waals surface area contributed by atoms with Crippen molar-refractivity contribution in [3.8, 4) is 0 Å². The summed E-state index contributed by atoms with van der Waals surface area (Å²) in [5.41, 5.74) is 0.756. The van der Waals surface area contributed by atoms with Crippen molar-refractivity contribution in [3.05, 3.63) is 11.9 Å². The molecular formula is C15H25N3O2S. The Labute approximate surface area is 130 Å². The van der Waals surface area contributed by atoms with Gasteiger partial charge in [0.25, 0.3) is 0 Å². The molecular weight excluding hydrogens is 286 g/mol. The number of aromatic nitrogens is 2. The van der Waals surface area contributed by atoms with Crippen molar-refractivity contribution in [1.82, 2.24) is 14.9 Å². The molecule has 6 heteroatoms. The predicted molar refractivity (Wildman–Crippen MR) is 84.0 cm³/mol. The minimum atomic E-state index is -0.183. The Morgan fingerprint density at radius 2 is 2.19 bits per heavy atom. The highest BCUT2D eigenvalue weighted by Crippen LogP contribution is 2.25. The Morgan fingerprint density at radius 1 is 1.52 bits per heavy atom. The van der Waals surface area contributed by atoms with Gasteiger partial charge in [0.2, 0.25) is 5.91 Å². The van der Waals surface area contributed by atoms with E-state index in [-0.39, 0.29) is 17.8 Å². The number of hydrogen-bond acceptors (Lipinski definition) is 4. The quantitative estimate of drug-likeness (QED) is 0.817. The first-order valence-electron chi connectivity index (χ1n) is 7.59. The standard InChI is InChI=1S/C15H25N3O2S/c1-10-4-6-12(7-5-10)17-14(20)11(2)21-15-16-8-13(9-19)18(15)3/h8,10-12,19H,4-7,9H2,1-3H3,(H,17,20)/t10?,11-,12?/m0/s1. The van der Waals surface area contributed by atoms with Crippen molar-refractivity contribution >= 4 is 17.7 Å². The number of imidazole rings is 1. The van der Waals surface area contributed by atoms with Crippen LogP contribution in [0, 0.1) is 5.92 Å². The van der Waals surface area contributed by atoms with E-state index >= 15 is 0 Å². The Hall–Kier alpha value is -1.01. The van der Waals surface area contributed by atoms with Crippen LogP contribution in [-0.2, 0) is 18.4 Å².